The molecule has 120 valence electrons. The molecule has 3 nitrogen and oxygen atoms in total. The lowest BCUT2D eigenvalue weighted by molar-refractivity contribution is -0.000418. The molecule has 0 bridgehead atoms. The van der Waals surface area contributed by atoms with Crippen LogP contribution in [0.5, 0.6) is 0 Å². The SMILES string of the molecule is CC(C)NC(C)(CO)CCCOC1CCC(C)(C)CC1. The maximum atomic E-state index is 9.54. The molecule has 1 aliphatic carbocycles. The molecule has 0 saturated heterocycles. The Morgan fingerprint density at radius 1 is 1.30 bits per heavy atom. The fourth-order valence-corrected chi connectivity index (χ4v) is 3.15. The minimum Gasteiger partial charge on any atom is -0.394 e. The molecule has 1 aliphatic rings. The Morgan fingerprint density at radius 2 is 1.90 bits per heavy atom. The highest BCUT2D eigenvalue weighted by atomic mass is 16.5. The normalized spacial score (nSPS) is 22.9. The molecule has 1 unspecified atom stereocenters. The van der Waals surface area contributed by atoms with Crippen molar-refractivity contribution in [1.29, 1.82) is 0 Å². The third-order valence-electron chi connectivity index (χ3n) is 4.50. The molecule has 0 aliphatic heterocycles. The largest absolute Gasteiger partial charge is 0.394 e. The van der Waals surface area contributed by atoms with E-state index in [9.17, 15) is 5.11 Å². The van der Waals surface area contributed by atoms with E-state index in [4.69, 9.17) is 4.74 Å². The molecular weight excluding hydrogens is 250 g/mol. The second-order valence-electron chi connectivity index (χ2n) is 7.86. The summed E-state index contributed by atoms with van der Waals surface area (Å²) >= 11 is 0. The van der Waals surface area contributed by atoms with E-state index in [0.717, 1.165) is 19.4 Å². The van der Waals surface area contributed by atoms with Gasteiger partial charge in [-0.15, -0.1) is 0 Å². The zero-order valence-corrected chi connectivity index (χ0v) is 14.2. The molecule has 1 saturated carbocycles. The maximum Gasteiger partial charge on any atom is 0.0610 e. The minimum atomic E-state index is -0.175. The average molecular weight is 285 g/mol. The van der Waals surface area contributed by atoms with Gasteiger partial charge in [0.2, 0.25) is 0 Å². The Labute approximate surface area is 125 Å². The Hall–Kier alpha value is -0.120. The van der Waals surface area contributed by atoms with Crippen LogP contribution in [0, 0.1) is 5.41 Å². The molecule has 3 heteroatoms. The van der Waals surface area contributed by atoms with Crippen LogP contribution < -0.4 is 5.32 Å². The summed E-state index contributed by atoms with van der Waals surface area (Å²) in [5.41, 5.74) is 0.336. The molecule has 20 heavy (non-hydrogen) atoms. The Bertz CT molecular complexity index is 268. The van der Waals surface area contributed by atoms with Crippen molar-refractivity contribution < 1.29 is 9.84 Å². The fourth-order valence-electron chi connectivity index (χ4n) is 3.15. The van der Waals surface area contributed by atoms with E-state index < -0.39 is 0 Å². The van der Waals surface area contributed by atoms with Crippen LogP contribution in [0.2, 0.25) is 0 Å². The molecule has 0 aromatic heterocycles. The van der Waals surface area contributed by atoms with Gasteiger partial charge in [-0.1, -0.05) is 27.7 Å². The minimum absolute atomic E-state index is 0.175. The van der Waals surface area contributed by atoms with Crippen LogP contribution in [0.15, 0.2) is 0 Å². The highest BCUT2D eigenvalue weighted by Crippen LogP contribution is 2.36. The number of hydrogen-bond acceptors (Lipinski definition) is 3. The van der Waals surface area contributed by atoms with Crippen LogP contribution >= 0.6 is 0 Å². The number of hydrogen-bond donors (Lipinski definition) is 2. The van der Waals surface area contributed by atoms with Gasteiger partial charge in [-0.25, -0.2) is 0 Å². The molecule has 0 spiro atoms. The van der Waals surface area contributed by atoms with Crippen molar-refractivity contribution in [2.24, 2.45) is 5.41 Å². The van der Waals surface area contributed by atoms with Crippen molar-refractivity contribution in [3.8, 4) is 0 Å². The first-order valence-electron chi connectivity index (χ1n) is 8.26. The van der Waals surface area contributed by atoms with Gasteiger partial charge in [0.15, 0.2) is 0 Å². The number of nitrogens with one attached hydrogen (secondary N) is 1. The lowest BCUT2D eigenvalue weighted by Crippen LogP contribution is -2.49. The summed E-state index contributed by atoms with van der Waals surface area (Å²) < 4.78 is 6.01. The number of aliphatic hydroxyl groups excluding tert-OH is 1. The van der Waals surface area contributed by atoms with E-state index in [-0.39, 0.29) is 12.1 Å². The van der Waals surface area contributed by atoms with Crippen molar-refractivity contribution in [1.82, 2.24) is 5.32 Å². The van der Waals surface area contributed by atoms with E-state index in [1.54, 1.807) is 0 Å². The van der Waals surface area contributed by atoms with Gasteiger partial charge in [-0.05, 0) is 50.9 Å². The van der Waals surface area contributed by atoms with Crippen LogP contribution in [0.25, 0.3) is 0 Å². The van der Waals surface area contributed by atoms with E-state index in [1.165, 1.54) is 25.7 Å². The summed E-state index contributed by atoms with van der Waals surface area (Å²) in [6.07, 6.45) is 7.39. The molecule has 1 rings (SSSR count). The lowest BCUT2D eigenvalue weighted by Gasteiger charge is -2.34. The van der Waals surface area contributed by atoms with Gasteiger partial charge < -0.3 is 15.2 Å². The fraction of sp³-hybridized carbons (Fsp3) is 1.00. The third kappa shape index (κ3) is 6.55. The van der Waals surface area contributed by atoms with Crippen molar-refractivity contribution in [3.05, 3.63) is 0 Å². The zero-order valence-electron chi connectivity index (χ0n) is 14.2. The van der Waals surface area contributed by atoms with Crippen molar-refractivity contribution in [2.45, 2.75) is 90.8 Å². The molecular formula is C17H35NO2. The van der Waals surface area contributed by atoms with E-state index in [1.807, 2.05) is 0 Å². The van der Waals surface area contributed by atoms with Gasteiger partial charge in [0.25, 0.3) is 0 Å². The third-order valence-corrected chi connectivity index (χ3v) is 4.50. The predicted octanol–water partition coefficient (Wildman–Crippen LogP) is 3.50. The molecule has 1 fully saturated rings. The topological polar surface area (TPSA) is 41.5 Å². The summed E-state index contributed by atoms with van der Waals surface area (Å²) in [5.74, 6) is 0. The van der Waals surface area contributed by atoms with Gasteiger partial charge in [-0.2, -0.15) is 0 Å². The van der Waals surface area contributed by atoms with Crippen molar-refractivity contribution >= 4 is 0 Å². The van der Waals surface area contributed by atoms with Gasteiger partial charge in [-0.3, -0.25) is 0 Å². The Morgan fingerprint density at radius 3 is 2.40 bits per heavy atom. The summed E-state index contributed by atoms with van der Waals surface area (Å²) in [6.45, 7) is 12.0. The second-order valence-corrected chi connectivity index (χ2v) is 7.86. The van der Waals surface area contributed by atoms with Crippen LogP contribution in [-0.2, 0) is 4.74 Å². The first-order chi connectivity index (χ1) is 9.26. The van der Waals surface area contributed by atoms with Crippen LogP contribution in [0.3, 0.4) is 0 Å². The first kappa shape index (κ1) is 17.9. The summed E-state index contributed by atoms with van der Waals surface area (Å²) in [4.78, 5) is 0. The van der Waals surface area contributed by atoms with Gasteiger partial charge in [0.1, 0.15) is 0 Å². The van der Waals surface area contributed by atoms with Crippen LogP contribution in [0.1, 0.15) is 73.1 Å². The van der Waals surface area contributed by atoms with Gasteiger partial charge in [0, 0.05) is 18.2 Å². The quantitative estimate of drug-likeness (QED) is 0.671. The Balaban J connectivity index is 2.18. The van der Waals surface area contributed by atoms with Gasteiger partial charge in [0.05, 0.1) is 12.7 Å². The molecule has 0 heterocycles. The van der Waals surface area contributed by atoms with E-state index in [0.29, 0.717) is 17.6 Å². The number of aliphatic hydroxyl groups is 1. The molecule has 1 atom stereocenters. The zero-order chi connectivity index (χ0) is 15.2. The number of ether oxygens (including phenoxy) is 1. The summed E-state index contributed by atoms with van der Waals surface area (Å²) in [6, 6.07) is 0.397. The standard InChI is InChI=1S/C17H35NO2/c1-14(2)18-17(5,13-19)9-6-12-20-15-7-10-16(3,4)11-8-15/h14-15,18-19H,6-13H2,1-5H3. The maximum absolute atomic E-state index is 9.54. The predicted molar refractivity (Wildman–Crippen MR) is 85.0 cm³/mol. The van der Waals surface area contributed by atoms with Crippen molar-refractivity contribution in [3.63, 3.8) is 0 Å². The molecule has 0 aromatic rings. The van der Waals surface area contributed by atoms with E-state index in [2.05, 4.69) is 39.9 Å². The number of rotatable bonds is 8. The average Bonchev–Trinajstić information content (AvgIpc) is 2.35. The van der Waals surface area contributed by atoms with Crippen LogP contribution in [-0.4, -0.2) is 36.0 Å². The molecule has 0 aromatic carbocycles. The molecule has 0 amide bonds. The highest BCUT2D eigenvalue weighted by molar-refractivity contribution is 4.84. The lowest BCUT2D eigenvalue weighted by atomic mass is 9.76. The summed E-state index contributed by atoms with van der Waals surface area (Å²) in [7, 11) is 0. The molecule has 2 N–H and O–H groups in total. The van der Waals surface area contributed by atoms with Crippen molar-refractivity contribution in [2.75, 3.05) is 13.2 Å². The second kappa shape index (κ2) is 7.77. The smallest absolute Gasteiger partial charge is 0.0610 e. The van der Waals surface area contributed by atoms with Crippen LogP contribution in [0.4, 0.5) is 0 Å². The van der Waals surface area contributed by atoms with E-state index >= 15 is 0 Å². The highest BCUT2D eigenvalue weighted by Gasteiger charge is 2.27. The monoisotopic (exact) mass is 285 g/mol. The van der Waals surface area contributed by atoms with Gasteiger partial charge >= 0.3 is 0 Å². The first-order valence-corrected chi connectivity index (χ1v) is 8.26. The Kier molecular flexibility index (Phi) is 6.96. The summed E-state index contributed by atoms with van der Waals surface area (Å²) in [5, 5.41) is 13.0. The molecule has 0 radical (unpaired) electrons.